The number of hydrogen-bond donors (Lipinski definition) is 1. The normalized spacial score (nSPS) is 8.76. The largest absolute Gasteiger partial charge is 0.508 e. The first kappa shape index (κ1) is 12.8. The topological polar surface area (TPSA) is 44.0 Å². The average molecular weight is 225 g/mol. The Hall–Kier alpha value is -2.27. The van der Waals surface area contributed by atoms with E-state index in [0.29, 0.717) is 5.56 Å². The van der Waals surface area contributed by atoms with E-state index in [1.165, 1.54) is 0 Å². The van der Waals surface area contributed by atoms with Gasteiger partial charge in [-0.1, -0.05) is 38.1 Å². The van der Waals surface area contributed by atoms with Crippen LogP contribution in [0.15, 0.2) is 48.5 Å². The van der Waals surface area contributed by atoms with Gasteiger partial charge in [-0.05, 0) is 35.4 Å². The van der Waals surface area contributed by atoms with Gasteiger partial charge in [0.1, 0.15) is 5.75 Å². The molecule has 0 saturated heterocycles. The first-order valence-electron chi connectivity index (χ1n) is 5.59. The van der Waals surface area contributed by atoms with Crippen LogP contribution in [0.25, 0.3) is 11.1 Å². The standard InChI is InChI=1S/C13H9NO.C2H6/c14-9-10-1-3-11(4-2-10)12-5-7-13(15)8-6-12;1-2/h1-8,15H;1-2H3. The zero-order valence-electron chi connectivity index (χ0n) is 10.0. The number of benzene rings is 2. The predicted molar refractivity (Wildman–Crippen MR) is 69.6 cm³/mol. The van der Waals surface area contributed by atoms with Crippen LogP contribution in [0.5, 0.6) is 5.75 Å². The van der Waals surface area contributed by atoms with Crippen molar-refractivity contribution in [1.82, 2.24) is 0 Å². The van der Waals surface area contributed by atoms with Crippen molar-refractivity contribution in [3.63, 3.8) is 0 Å². The highest BCUT2D eigenvalue weighted by molar-refractivity contribution is 5.64. The Morgan fingerprint density at radius 1 is 0.824 bits per heavy atom. The zero-order chi connectivity index (χ0) is 12.7. The number of rotatable bonds is 1. The maximum atomic E-state index is 9.14. The van der Waals surface area contributed by atoms with Gasteiger partial charge < -0.3 is 5.11 Å². The minimum atomic E-state index is 0.257. The first-order chi connectivity index (χ1) is 8.29. The fourth-order valence-electron chi connectivity index (χ4n) is 1.39. The molecule has 2 aromatic rings. The van der Waals surface area contributed by atoms with Crippen LogP contribution in [0.3, 0.4) is 0 Å². The van der Waals surface area contributed by atoms with Crippen LogP contribution in [0.2, 0.25) is 0 Å². The van der Waals surface area contributed by atoms with E-state index in [4.69, 9.17) is 10.4 Å². The predicted octanol–water partition coefficient (Wildman–Crippen LogP) is 3.96. The lowest BCUT2D eigenvalue weighted by Gasteiger charge is -2.01. The zero-order valence-corrected chi connectivity index (χ0v) is 10.0. The van der Waals surface area contributed by atoms with Crippen molar-refractivity contribution < 1.29 is 5.11 Å². The second-order valence-corrected chi connectivity index (χ2v) is 3.24. The van der Waals surface area contributed by atoms with Crippen molar-refractivity contribution >= 4 is 0 Å². The lowest BCUT2D eigenvalue weighted by Crippen LogP contribution is -1.78. The lowest BCUT2D eigenvalue weighted by atomic mass is 10.0. The summed E-state index contributed by atoms with van der Waals surface area (Å²) in [4.78, 5) is 0. The second kappa shape index (κ2) is 6.34. The third-order valence-electron chi connectivity index (χ3n) is 2.21. The molecule has 0 saturated carbocycles. The first-order valence-corrected chi connectivity index (χ1v) is 5.59. The van der Waals surface area contributed by atoms with Crippen LogP contribution in [0.1, 0.15) is 19.4 Å². The van der Waals surface area contributed by atoms with E-state index in [1.54, 1.807) is 24.3 Å². The van der Waals surface area contributed by atoms with Crippen LogP contribution in [-0.2, 0) is 0 Å². The Bertz CT molecular complexity index is 492. The summed E-state index contributed by atoms with van der Waals surface area (Å²) in [6.07, 6.45) is 0. The molecule has 0 heterocycles. The Balaban J connectivity index is 0.000000686. The van der Waals surface area contributed by atoms with Crippen molar-refractivity contribution in [3.8, 4) is 22.9 Å². The monoisotopic (exact) mass is 225 g/mol. The van der Waals surface area contributed by atoms with E-state index in [0.717, 1.165) is 11.1 Å². The van der Waals surface area contributed by atoms with Crippen LogP contribution < -0.4 is 0 Å². The van der Waals surface area contributed by atoms with Gasteiger partial charge in [-0.25, -0.2) is 0 Å². The second-order valence-electron chi connectivity index (χ2n) is 3.24. The van der Waals surface area contributed by atoms with Crippen molar-refractivity contribution in [2.75, 3.05) is 0 Å². The number of nitrogens with zero attached hydrogens (tertiary/aromatic N) is 1. The van der Waals surface area contributed by atoms with Crippen LogP contribution in [0, 0.1) is 11.3 Å². The van der Waals surface area contributed by atoms with Gasteiger partial charge in [-0.3, -0.25) is 0 Å². The van der Waals surface area contributed by atoms with E-state index in [-0.39, 0.29) is 5.75 Å². The highest BCUT2D eigenvalue weighted by Gasteiger charge is 1.97. The Morgan fingerprint density at radius 2 is 1.24 bits per heavy atom. The highest BCUT2D eigenvalue weighted by Crippen LogP contribution is 2.21. The van der Waals surface area contributed by atoms with Gasteiger partial charge in [0.05, 0.1) is 11.6 Å². The van der Waals surface area contributed by atoms with Gasteiger partial charge in [0.15, 0.2) is 0 Å². The van der Waals surface area contributed by atoms with E-state index < -0.39 is 0 Å². The molecule has 0 aliphatic carbocycles. The molecule has 86 valence electrons. The number of phenols is 1. The number of nitriles is 1. The summed E-state index contributed by atoms with van der Waals surface area (Å²) in [5, 5.41) is 17.8. The molecule has 1 N–H and O–H groups in total. The Morgan fingerprint density at radius 3 is 1.65 bits per heavy atom. The summed E-state index contributed by atoms with van der Waals surface area (Å²) in [5.74, 6) is 0.257. The fraction of sp³-hybridized carbons (Fsp3) is 0.133. The molecule has 2 rings (SSSR count). The van der Waals surface area contributed by atoms with Gasteiger partial charge in [0.2, 0.25) is 0 Å². The van der Waals surface area contributed by atoms with Crippen LogP contribution >= 0.6 is 0 Å². The molecule has 2 heteroatoms. The minimum absolute atomic E-state index is 0.257. The molecule has 0 aliphatic rings. The summed E-state index contributed by atoms with van der Waals surface area (Å²) in [5.41, 5.74) is 2.71. The molecule has 0 unspecified atom stereocenters. The van der Waals surface area contributed by atoms with Gasteiger partial charge >= 0.3 is 0 Å². The molecule has 0 amide bonds. The molecule has 2 nitrogen and oxygen atoms in total. The summed E-state index contributed by atoms with van der Waals surface area (Å²) < 4.78 is 0. The summed E-state index contributed by atoms with van der Waals surface area (Å²) in [6, 6.07) is 16.4. The third kappa shape index (κ3) is 3.35. The third-order valence-corrected chi connectivity index (χ3v) is 2.21. The fourth-order valence-corrected chi connectivity index (χ4v) is 1.39. The lowest BCUT2D eigenvalue weighted by molar-refractivity contribution is 0.475. The SMILES string of the molecule is CC.N#Cc1ccc(-c2ccc(O)cc2)cc1. The molecular weight excluding hydrogens is 210 g/mol. The van der Waals surface area contributed by atoms with E-state index in [2.05, 4.69) is 6.07 Å². The van der Waals surface area contributed by atoms with Crippen molar-refractivity contribution in [2.24, 2.45) is 0 Å². The van der Waals surface area contributed by atoms with Crippen molar-refractivity contribution in [1.29, 1.82) is 5.26 Å². The van der Waals surface area contributed by atoms with E-state index in [1.807, 2.05) is 38.1 Å². The van der Waals surface area contributed by atoms with E-state index in [9.17, 15) is 0 Å². The van der Waals surface area contributed by atoms with Gasteiger partial charge in [0.25, 0.3) is 0 Å². The number of aromatic hydroxyl groups is 1. The van der Waals surface area contributed by atoms with Crippen molar-refractivity contribution in [3.05, 3.63) is 54.1 Å². The molecule has 17 heavy (non-hydrogen) atoms. The van der Waals surface area contributed by atoms with Gasteiger partial charge in [-0.2, -0.15) is 5.26 Å². The van der Waals surface area contributed by atoms with Gasteiger partial charge in [0, 0.05) is 0 Å². The molecule has 0 spiro atoms. The van der Waals surface area contributed by atoms with E-state index >= 15 is 0 Å². The molecule has 0 atom stereocenters. The molecular formula is C15H15NO. The quantitative estimate of drug-likeness (QED) is 0.798. The maximum absolute atomic E-state index is 9.14. The Kier molecular flexibility index (Phi) is 4.77. The van der Waals surface area contributed by atoms with Gasteiger partial charge in [-0.15, -0.1) is 0 Å². The average Bonchev–Trinajstić information content (AvgIpc) is 2.42. The Labute approximate surface area is 102 Å². The molecule has 0 fully saturated rings. The van der Waals surface area contributed by atoms with Crippen molar-refractivity contribution in [2.45, 2.75) is 13.8 Å². The van der Waals surface area contributed by atoms with Crippen LogP contribution in [-0.4, -0.2) is 5.11 Å². The molecule has 0 bridgehead atoms. The summed E-state index contributed by atoms with van der Waals surface area (Å²) in [7, 11) is 0. The summed E-state index contributed by atoms with van der Waals surface area (Å²) in [6.45, 7) is 4.00. The number of phenolic OH excluding ortho intramolecular Hbond substituents is 1. The highest BCUT2D eigenvalue weighted by atomic mass is 16.3. The molecule has 2 aromatic carbocycles. The summed E-state index contributed by atoms with van der Waals surface area (Å²) >= 11 is 0. The van der Waals surface area contributed by atoms with Crippen LogP contribution in [0.4, 0.5) is 0 Å². The molecule has 0 aliphatic heterocycles. The smallest absolute Gasteiger partial charge is 0.115 e. The molecule has 0 aromatic heterocycles. The molecule has 0 radical (unpaired) electrons. The number of hydrogen-bond acceptors (Lipinski definition) is 2. The minimum Gasteiger partial charge on any atom is -0.508 e. The maximum Gasteiger partial charge on any atom is 0.115 e.